The van der Waals surface area contributed by atoms with Gasteiger partial charge >= 0.3 is 0 Å². The fourth-order valence-electron chi connectivity index (χ4n) is 2.06. The Balaban J connectivity index is 2.17. The third kappa shape index (κ3) is 4.11. The predicted octanol–water partition coefficient (Wildman–Crippen LogP) is 2.82. The van der Waals surface area contributed by atoms with Crippen molar-refractivity contribution in [1.29, 1.82) is 0 Å². The third-order valence-electron chi connectivity index (χ3n) is 3.08. The molecule has 0 saturated heterocycles. The van der Waals surface area contributed by atoms with E-state index in [4.69, 9.17) is 0 Å². The van der Waals surface area contributed by atoms with Gasteiger partial charge in [-0.25, -0.2) is 19.9 Å². The van der Waals surface area contributed by atoms with Crippen LogP contribution in [0.2, 0.25) is 0 Å². The average Bonchev–Trinajstić information content (AvgIpc) is 2.51. The number of rotatable bonds is 7. The topological polar surface area (TPSA) is 75.6 Å². The van der Waals surface area contributed by atoms with Crippen molar-refractivity contribution in [2.45, 2.75) is 39.7 Å². The first-order valence-electron chi connectivity index (χ1n) is 7.29. The Kier molecular flexibility index (Phi) is 5.43. The Bertz CT molecular complexity index is 555. The zero-order valence-corrected chi connectivity index (χ0v) is 12.8. The number of hydrogen-bond donors (Lipinski definition) is 2. The number of nitrogens with zero attached hydrogens (tertiary/aromatic N) is 4. The maximum atomic E-state index is 4.38. The number of hydrogen-bond acceptors (Lipinski definition) is 6. The summed E-state index contributed by atoms with van der Waals surface area (Å²) in [5.41, 5.74) is 2.04. The van der Waals surface area contributed by atoms with Crippen LogP contribution in [0, 0.1) is 0 Å². The van der Waals surface area contributed by atoms with Crippen molar-refractivity contribution in [3.8, 4) is 0 Å². The lowest BCUT2D eigenvalue weighted by Crippen LogP contribution is -2.12. The second-order valence-corrected chi connectivity index (χ2v) is 5.12. The van der Waals surface area contributed by atoms with Crippen LogP contribution in [-0.2, 0) is 6.54 Å². The summed E-state index contributed by atoms with van der Waals surface area (Å²) >= 11 is 0. The van der Waals surface area contributed by atoms with Gasteiger partial charge in [0.15, 0.2) is 0 Å². The van der Waals surface area contributed by atoms with Crippen LogP contribution in [0.25, 0.3) is 0 Å². The summed E-state index contributed by atoms with van der Waals surface area (Å²) < 4.78 is 0. The van der Waals surface area contributed by atoms with Crippen LogP contribution < -0.4 is 10.6 Å². The van der Waals surface area contributed by atoms with E-state index >= 15 is 0 Å². The molecule has 0 atom stereocenters. The molecule has 112 valence electrons. The molecule has 0 aliphatic heterocycles. The summed E-state index contributed by atoms with van der Waals surface area (Å²) in [4.78, 5) is 16.9. The summed E-state index contributed by atoms with van der Waals surface area (Å²) in [6.07, 6.45) is 5.94. The van der Waals surface area contributed by atoms with E-state index in [1.807, 2.05) is 6.07 Å². The van der Waals surface area contributed by atoms with E-state index in [1.165, 1.54) is 0 Å². The van der Waals surface area contributed by atoms with Crippen LogP contribution in [-0.4, -0.2) is 26.5 Å². The highest BCUT2D eigenvalue weighted by atomic mass is 15.1. The Hall–Kier alpha value is -2.24. The fraction of sp³-hybridized carbons (Fsp3) is 0.467. The number of nitrogens with one attached hydrogen (secondary N) is 2. The molecule has 0 aliphatic carbocycles. The molecule has 0 radical (unpaired) electrons. The van der Waals surface area contributed by atoms with Gasteiger partial charge in [0.05, 0.1) is 12.2 Å². The van der Waals surface area contributed by atoms with Gasteiger partial charge in [0.2, 0.25) is 0 Å². The minimum absolute atomic E-state index is 0.332. The first-order valence-corrected chi connectivity index (χ1v) is 7.29. The van der Waals surface area contributed by atoms with Crippen LogP contribution in [0.1, 0.15) is 44.4 Å². The van der Waals surface area contributed by atoms with Crippen molar-refractivity contribution in [3.05, 3.63) is 36.2 Å². The lowest BCUT2D eigenvalue weighted by Gasteiger charge is -2.17. The fourth-order valence-corrected chi connectivity index (χ4v) is 2.06. The SMILES string of the molecule is CCCNc1ncnc(NCc2ccncn2)c1C(C)C. The summed E-state index contributed by atoms with van der Waals surface area (Å²) in [7, 11) is 0. The average molecular weight is 286 g/mol. The molecule has 6 nitrogen and oxygen atoms in total. The molecular weight excluding hydrogens is 264 g/mol. The minimum atomic E-state index is 0.332. The molecule has 2 heterocycles. The van der Waals surface area contributed by atoms with E-state index in [0.717, 1.165) is 35.9 Å². The Labute approximate surface area is 125 Å². The predicted molar refractivity (Wildman–Crippen MR) is 84.3 cm³/mol. The highest BCUT2D eigenvalue weighted by molar-refractivity contribution is 5.59. The minimum Gasteiger partial charge on any atom is -0.370 e. The third-order valence-corrected chi connectivity index (χ3v) is 3.08. The smallest absolute Gasteiger partial charge is 0.135 e. The molecule has 0 aromatic carbocycles. The highest BCUT2D eigenvalue weighted by Crippen LogP contribution is 2.28. The summed E-state index contributed by atoms with van der Waals surface area (Å²) in [5, 5.41) is 6.71. The van der Waals surface area contributed by atoms with Crippen molar-refractivity contribution in [2.75, 3.05) is 17.2 Å². The molecule has 2 rings (SSSR count). The lowest BCUT2D eigenvalue weighted by molar-refractivity contribution is 0.837. The molecule has 2 aromatic heterocycles. The van der Waals surface area contributed by atoms with E-state index in [-0.39, 0.29) is 0 Å². The first kappa shape index (κ1) is 15.2. The van der Waals surface area contributed by atoms with E-state index in [2.05, 4.69) is 51.3 Å². The summed E-state index contributed by atoms with van der Waals surface area (Å²) in [6.45, 7) is 7.95. The van der Waals surface area contributed by atoms with Gasteiger partial charge in [0, 0.05) is 18.3 Å². The van der Waals surface area contributed by atoms with Crippen molar-refractivity contribution in [1.82, 2.24) is 19.9 Å². The molecule has 0 saturated carbocycles. The van der Waals surface area contributed by atoms with Crippen molar-refractivity contribution >= 4 is 11.6 Å². The quantitative estimate of drug-likeness (QED) is 0.815. The zero-order valence-electron chi connectivity index (χ0n) is 12.8. The molecule has 0 bridgehead atoms. The van der Waals surface area contributed by atoms with Gasteiger partial charge in [-0.1, -0.05) is 20.8 Å². The molecule has 0 fully saturated rings. The van der Waals surface area contributed by atoms with Gasteiger partial charge < -0.3 is 10.6 Å². The van der Waals surface area contributed by atoms with Crippen molar-refractivity contribution < 1.29 is 0 Å². The van der Waals surface area contributed by atoms with Crippen LogP contribution in [0.3, 0.4) is 0 Å². The Morgan fingerprint density at radius 1 is 1.05 bits per heavy atom. The van der Waals surface area contributed by atoms with Crippen LogP contribution in [0.4, 0.5) is 11.6 Å². The maximum Gasteiger partial charge on any atom is 0.135 e. The molecule has 0 amide bonds. The van der Waals surface area contributed by atoms with E-state index in [9.17, 15) is 0 Å². The van der Waals surface area contributed by atoms with Crippen LogP contribution >= 0.6 is 0 Å². The molecule has 0 unspecified atom stereocenters. The van der Waals surface area contributed by atoms with Gasteiger partial charge in [-0.05, 0) is 18.4 Å². The van der Waals surface area contributed by atoms with Crippen molar-refractivity contribution in [2.24, 2.45) is 0 Å². The number of aromatic nitrogens is 4. The monoisotopic (exact) mass is 286 g/mol. The van der Waals surface area contributed by atoms with Gasteiger partial charge in [-0.3, -0.25) is 0 Å². The van der Waals surface area contributed by atoms with E-state index in [0.29, 0.717) is 12.5 Å². The van der Waals surface area contributed by atoms with Crippen molar-refractivity contribution in [3.63, 3.8) is 0 Å². The normalized spacial score (nSPS) is 10.7. The largest absolute Gasteiger partial charge is 0.370 e. The molecule has 2 N–H and O–H groups in total. The second-order valence-electron chi connectivity index (χ2n) is 5.12. The lowest BCUT2D eigenvalue weighted by atomic mass is 10.0. The van der Waals surface area contributed by atoms with E-state index < -0.39 is 0 Å². The number of anilines is 2. The molecule has 2 aromatic rings. The molecule has 0 spiro atoms. The maximum absolute atomic E-state index is 4.38. The molecular formula is C15H22N6. The highest BCUT2D eigenvalue weighted by Gasteiger charge is 2.14. The second kappa shape index (κ2) is 7.52. The standard InChI is InChI=1S/C15H22N6/c1-4-6-17-14-13(11(2)3)15(21-10-20-14)18-8-12-5-7-16-9-19-12/h5,7,9-11H,4,6,8H2,1-3H3,(H2,17,18,20,21). The Morgan fingerprint density at radius 2 is 1.81 bits per heavy atom. The van der Waals surface area contributed by atoms with Gasteiger partial charge in [-0.15, -0.1) is 0 Å². The Morgan fingerprint density at radius 3 is 2.43 bits per heavy atom. The molecule has 6 heteroatoms. The van der Waals surface area contributed by atoms with Crippen LogP contribution in [0.15, 0.2) is 24.9 Å². The van der Waals surface area contributed by atoms with Gasteiger partial charge in [-0.2, -0.15) is 0 Å². The summed E-state index contributed by atoms with van der Waals surface area (Å²) in [6, 6.07) is 1.89. The zero-order chi connectivity index (χ0) is 15.1. The summed E-state index contributed by atoms with van der Waals surface area (Å²) in [5.74, 6) is 2.10. The molecule has 21 heavy (non-hydrogen) atoms. The van der Waals surface area contributed by atoms with Gasteiger partial charge in [0.1, 0.15) is 24.3 Å². The van der Waals surface area contributed by atoms with Crippen LogP contribution in [0.5, 0.6) is 0 Å². The van der Waals surface area contributed by atoms with Gasteiger partial charge in [0.25, 0.3) is 0 Å². The van der Waals surface area contributed by atoms with E-state index in [1.54, 1.807) is 18.9 Å². The molecule has 0 aliphatic rings. The first-order chi connectivity index (χ1) is 10.2.